The van der Waals surface area contributed by atoms with Crippen LogP contribution in [0, 0.1) is 11.6 Å². The first-order valence-corrected chi connectivity index (χ1v) is 10.3. The van der Waals surface area contributed by atoms with Crippen LogP contribution >= 0.6 is 11.6 Å². The van der Waals surface area contributed by atoms with Crippen LogP contribution < -0.4 is 15.7 Å². The summed E-state index contributed by atoms with van der Waals surface area (Å²) in [5.41, 5.74) is -0.509. The van der Waals surface area contributed by atoms with Crippen molar-refractivity contribution in [2.45, 2.75) is 45.8 Å². The number of aliphatic hydroxyl groups is 2. The second-order valence-corrected chi connectivity index (χ2v) is 7.80. The van der Waals surface area contributed by atoms with E-state index in [0.29, 0.717) is 5.56 Å². The fraction of sp³-hybridized carbons (Fsp3) is 0.333. The van der Waals surface area contributed by atoms with Crippen LogP contribution in [0.15, 0.2) is 29.1 Å². The van der Waals surface area contributed by atoms with Gasteiger partial charge in [-0.2, -0.15) is 4.68 Å². The second kappa shape index (κ2) is 8.53. The van der Waals surface area contributed by atoms with Gasteiger partial charge in [-0.05, 0) is 32.0 Å². The number of anilines is 1. The van der Waals surface area contributed by atoms with E-state index >= 15 is 4.39 Å². The van der Waals surface area contributed by atoms with Gasteiger partial charge in [-0.1, -0.05) is 17.7 Å². The average molecular weight is 467 g/mol. The number of ether oxygens (including phenoxy) is 1. The third kappa shape index (κ3) is 3.64. The van der Waals surface area contributed by atoms with Gasteiger partial charge < -0.3 is 20.3 Å². The van der Waals surface area contributed by atoms with Crippen LogP contribution in [0.25, 0.3) is 5.69 Å². The Bertz CT molecular complexity index is 1220. The van der Waals surface area contributed by atoms with Crippen molar-refractivity contribution in [1.29, 1.82) is 0 Å². The van der Waals surface area contributed by atoms with Crippen LogP contribution in [-0.4, -0.2) is 30.7 Å². The zero-order valence-corrected chi connectivity index (χ0v) is 18.0. The van der Waals surface area contributed by atoms with Crippen molar-refractivity contribution in [3.05, 3.63) is 68.4 Å². The third-order valence-electron chi connectivity index (χ3n) is 5.29. The molecule has 0 bridgehead atoms. The minimum atomic E-state index is -1.55. The van der Waals surface area contributed by atoms with Gasteiger partial charge in [0.15, 0.2) is 12.1 Å². The number of nitrogens with one attached hydrogen (secondary N) is 1. The summed E-state index contributed by atoms with van der Waals surface area (Å²) in [6.45, 7) is 3.22. The summed E-state index contributed by atoms with van der Waals surface area (Å²) < 4.78 is 37.4. The van der Waals surface area contributed by atoms with E-state index in [0.717, 1.165) is 10.7 Å². The number of aromatic nitrogens is 3. The zero-order valence-electron chi connectivity index (χ0n) is 17.3. The van der Waals surface area contributed by atoms with E-state index in [2.05, 4.69) is 10.4 Å². The highest BCUT2D eigenvalue weighted by Gasteiger charge is 2.33. The molecule has 0 amide bonds. The Morgan fingerprint density at radius 1 is 1.38 bits per heavy atom. The maximum atomic E-state index is 15.3. The number of hydrogen-bond acceptors (Lipinski definition) is 6. The van der Waals surface area contributed by atoms with Gasteiger partial charge in [0.25, 0.3) is 0 Å². The van der Waals surface area contributed by atoms with E-state index in [1.807, 2.05) is 0 Å². The van der Waals surface area contributed by atoms with Crippen LogP contribution in [-0.2, 0) is 19.6 Å². The highest BCUT2D eigenvalue weighted by atomic mass is 35.5. The minimum Gasteiger partial charge on any atom is -0.490 e. The fourth-order valence-electron chi connectivity index (χ4n) is 3.85. The van der Waals surface area contributed by atoms with Gasteiger partial charge >= 0.3 is 5.69 Å². The van der Waals surface area contributed by atoms with Crippen molar-refractivity contribution in [3.63, 3.8) is 0 Å². The topological polar surface area (TPSA) is 102 Å². The molecule has 11 heteroatoms. The van der Waals surface area contributed by atoms with Crippen molar-refractivity contribution in [3.8, 4) is 11.4 Å². The first-order valence-electron chi connectivity index (χ1n) is 9.97. The average Bonchev–Trinajstić information content (AvgIpc) is 3.29. The zero-order chi connectivity index (χ0) is 23.2. The molecule has 0 saturated heterocycles. The summed E-state index contributed by atoms with van der Waals surface area (Å²) in [6.07, 6.45) is -1.66. The molecule has 0 aliphatic carbocycles. The molecule has 1 aliphatic rings. The fourth-order valence-corrected chi connectivity index (χ4v) is 4.07. The van der Waals surface area contributed by atoms with Crippen LogP contribution in [0.5, 0.6) is 5.75 Å². The quantitative estimate of drug-likeness (QED) is 0.483. The monoisotopic (exact) mass is 466 g/mol. The van der Waals surface area contributed by atoms with Gasteiger partial charge in [-0.3, -0.25) is 4.57 Å². The number of halogens is 3. The molecule has 4 rings (SSSR count). The van der Waals surface area contributed by atoms with E-state index in [4.69, 9.17) is 16.3 Å². The maximum absolute atomic E-state index is 15.3. The summed E-state index contributed by atoms with van der Waals surface area (Å²) in [5, 5.41) is 26.9. The lowest BCUT2D eigenvalue weighted by atomic mass is 10.0. The Labute approximate surface area is 186 Å². The van der Waals surface area contributed by atoms with E-state index in [9.17, 15) is 19.4 Å². The standard InChI is InChI=1S/C21H21ClF2N4O4/c1-3-27-16(9-29)26-28(21(27)31)18-11-7-10(2)32-19(11)12(8-15(18)24)20(30)25-17-13(22)5-4-6-14(17)23/h4-6,8,10,20,25,29-30H,3,7,9H2,1-2H3. The lowest BCUT2D eigenvalue weighted by Crippen LogP contribution is -2.25. The summed E-state index contributed by atoms with van der Waals surface area (Å²) in [6, 6.07) is 5.04. The minimum absolute atomic E-state index is 0.0234. The molecular formula is C21H21ClF2N4O4. The van der Waals surface area contributed by atoms with Gasteiger partial charge in [0.1, 0.15) is 35.8 Å². The molecule has 1 aromatic heterocycles. The van der Waals surface area contributed by atoms with Crippen LogP contribution in [0.1, 0.15) is 37.0 Å². The molecule has 2 heterocycles. The molecule has 2 aromatic carbocycles. The molecule has 0 spiro atoms. The molecule has 0 saturated carbocycles. The molecule has 3 aromatic rings. The van der Waals surface area contributed by atoms with Crippen molar-refractivity contribution in [1.82, 2.24) is 14.3 Å². The van der Waals surface area contributed by atoms with Gasteiger partial charge in [0, 0.05) is 24.1 Å². The highest BCUT2D eigenvalue weighted by molar-refractivity contribution is 6.33. The summed E-state index contributed by atoms with van der Waals surface area (Å²) in [7, 11) is 0. The molecular weight excluding hydrogens is 446 g/mol. The molecule has 2 atom stereocenters. The van der Waals surface area contributed by atoms with Crippen LogP contribution in [0.4, 0.5) is 14.5 Å². The molecule has 2 unspecified atom stereocenters. The molecule has 170 valence electrons. The maximum Gasteiger partial charge on any atom is 0.350 e. The van der Waals surface area contributed by atoms with Crippen molar-refractivity contribution < 1.29 is 23.7 Å². The molecule has 1 aliphatic heterocycles. The molecule has 8 nitrogen and oxygen atoms in total. The largest absolute Gasteiger partial charge is 0.490 e. The van der Waals surface area contributed by atoms with Gasteiger partial charge in [-0.25, -0.2) is 13.6 Å². The van der Waals surface area contributed by atoms with E-state index in [1.54, 1.807) is 13.8 Å². The SMILES string of the molecule is CCn1c(CO)nn(-c2c(F)cc(C(O)Nc3c(F)cccc3Cl)c3c2CC(C)O3)c1=O. The van der Waals surface area contributed by atoms with Crippen molar-refractivity contribution >= 4 is 17.3 Å². The number of benzene rings is 2. The normalized spacial score (nSPS) is 16.0. The summed E-state index contributed by atoms with van der Waals surface area (Å²) in [5.74, 6) is -1.25. The van der Waals surface area contributed by atoms with E-state index in [1.165, 1.54) is 22.8 Å². The first-order chi connectivity index (χ1) is 15.3. The molecule has 32 heavy (non-hydrogen) atoms. The lowest BCUT2D eigenvalue weighted by molar-refractivity contribution is 0.193. The third-order valence-corrected chi connectivity index (χ3v) is 5.60. The first kappa shape index (κ1) is 22.3. The van der Waals surface area contributed by atoms with Gasteiger partial charge in [0.2, 0.25) is 0 Å². The Kier molecular flexibility index (Phi) is 5.93. The Morgan fingerprint density at radius 3 is 2.75 bits per heavy atom. The van der Waals surface area contributed by atoms with Crippen molar-refractivity contribution in [2.24, 2.45) is 0 Å². The Balaban J connectivity index is 1.84. The number of fused-ring (bicyclic) bond motifs is 1. The lowest BCUT2D eigenvalue weighted by Gasteiger charge is -2.20. The predicted octanol–water partition coefficient (Wildman–Crippen LogP) is 2.90. The molecule has 0 fully saturated rings. The Morgan fingerprint density at radius 2 is 2.12 bits per heavy atom. The van der Waals surface area contributed by atoms with Crippen molar-refractivity contribution in [2.75, 3.05) is 5.32 Å². The smallest absolute Gasteiger partial charge is 0.350 e. The number of nitrogens with zero attached hydrogens (tertiary/aromatic N) is 3. The van der Waals surface area contributed by atoms with Crippen LogP contribution in [0.3, 0.4) is 0 Å². The number of hydrogen-bond donors (Lipinski definition) is 3. The van der Waals surface area contributed by atoms with E-state index < -0.39 is 30.2 Å². The number of rotatable bonds is 6. The second-order valence-electron chi connectivity index (χ2n) is 7.39. The van der Waals surface area contributed by atoms with E-state index in [-0.39, 0.29) is 52.6 Å². The summed E-state index contributed by atoms with van der Waals surface area (Å²) >= 11 is 6.01. The molecule has 3 N–H and O–H groups in total. The number of aliphatic hydroxyl groups excluding tert-OH is 2. The van der Waals surface area contributed by atoms with Gasteiger partial charge in [-0.15, -0.1) is 5.10 Å². The predicted molar refractivity (Wildman–Crippen MR) is 113 cm³/mol. The van der Waals surface area contributed by atoms with Gasteiger partial charge in [0.05, 0.1) is 10.7 Å². The Hall–Kier alpha value is -2.95. The number of para-hydroxylation sites is 1. The van der Waals surface area contributed by atoms with Crippen LogP contribution in [0.2, 0.25) is 5.02 Å². The highest BCUT2D eigenvalue weighted by Crippen LogP contribution is 2.41. The summed E-state index contributed by atoms with van der Waals surface area (Å²) in [4.78, 5) is 12.8. The molecule has 0 radical (unpaired) electrons.